The summed E-state index contributed by atoms with van der Waals surface area (Å²) >= 11 is 0. The minimum Gasteiger partial charge on any atom is -0.462 e. The van der Waals surface area contributed by atoms with Gasteiger partial charge in [-0.1, -0.05) is 19.9 Å². The van der Waals surface area contributed by atoms with Crippen LogP contribution in [-0.2, 0) is 19.1 Å². The van der Waals surface area contributed by atoms with Crippen LogP contribution >= 0.6 is 0 Å². The molecule has 0 aliphatic carbocycles. The molecule has 2 aliphatic heterocycles. The van der Waals surface area contributed by atoms with Gasteiger partial charge in [0.2, 0.25) is 0 Å². The molecule has 4 heteroatoms. The van der Waals surface area contributed by atoms with Crippen molar-refractivity contribution in [3.05, 3.63) is 12.2 Å². The largest absolute Gasteiger partial charge is 0.462 e. The van der Waals surface area contributed by atoms with Crippen LogP contribution in [0.2, 0.25) is 0 Å². The highest BCUT2D eigenvalue weighted by atomic mass is 16.6. The van der Waals surface area contributed by atoms with Crippen molar-refractivity contribution in [2.75, 3.05) is 0 Å². The maximum Gasteiger partial charge on any atom is 0.312 e. The van der Waals surface area contributed by atoms with Crippen LogP contribution in [0.25, 0.3) is 0 Å². The smallest absolute Gasteiger partial charge is 0.312 e. The van der Waals surface area contributed by atoms with Crippen molar-refractivity contribution in [3.8, 4) is 0 Å². The lowest BCUT2D eigenvalue weighted by Crippen LogP contribution is -2.31. The van der Waals surface area contributed by atoms with E-state index in [0.717, 1.165) is 6.29 Å². The van der Waals surface area contributed by atoms with Gasteiger partial charge in [-0.05, 0) is 18.9 Å². The third-order valence-corrected chi connectivity index (χ3v) is 3.60. The Morgan fingerprint density at radius 1 is 1.53 bits per heavy atom. The number of ether oxygens (including phenoxy) is 2. The first kappa shape index (κ1) is 12.3. The predicted molar refractivity (Wildman–Crippen MR) is 61.3 cm³/mol. The van der Waals surface area contributed by atoms with Crippen LogP contribution in [0.15, 0.2) is 12.2 Å². The lowest BCUT2D eigenvalue weighted by atomic mass is 9.87. The molecule has 17 heavy (non-hydrogen) atoms. The van der Waals surface area contributed by atoms with E-state index < -0.39 is 5.60 Å². The average molecular weight is 238 g/mol. The summed E-state index contributed by atoms with van der Waals surface area (Å²) in [6, 6.07) is 0. The number of fused-ring (bicyclic) bond motifs is 2. The van der Waals surface area contributed by atoms with E-state index in [1.807, 2.05) is 20.8 Å². The summed E-state index contributed by atoms with van der Waals surface area (Å²) in [5, 5.41) is 0. The molecule has 0 saturated carbocycles. The topological polar surface area (TPSA) is 52.6 Å². The molecule has 2 rings (SSSR count). The van der Waals surface area contributed by atoms with Crippen LogP contribution in [0.4, 0.5) is 0 Å². The number of rotatable bonds is 4. The predicted octanol–water partition coefficient (Wildman–Crippen LogP) is 1.49. The minimum atomic E-state index is -0.880. The van der Waals surface area contributed by atoms with Crippen molar-refractivity contribution in [1.82, 2.24) is 0 Å². The number of hydrogen-bond acceptors (Lipinski definition) is 4. The standard InChI is InChI=1S/C13H18O4/c1-8(2)9(3)16-12(15)10-6-13(7-14)5-4-11(10)17-13/h4-5,7-11H,6H2,1-3H3. The fraction of sp³-hybridized carbons (Fsp3) is 0.692. The van der Waals surface area contributed by atoms with E-state index in [0.29, 0.717) is 6.42 Å². The molecule has 0 aromatic heterocycles. The maximum absolute atomic E-state index is 12.0. The van der Waals surface area contributed by atoms with Gasteiger partial charge in [0.05, 0.1) is 12.0 Å². The molecule has 94 valence electrons. The molecule has 0 amide bonds. The first-order valence-electron chi connectivity index (χ1n) is 6.01. The van der Waals surface area contributed by atoms with Gasteiger partial charge in [-0.3, -0.25) is 9.59 Å². The monoisotopic (exact) mass is 238 g/mol. The molecule has 0 spiro atoms. The molecule has 2 aliphatic rings. The van der Waals surface area contributed by atoms with E-state index in [9.17, 15) is 9.59 Å². The molecular formula is C13H18O4. The van der Waals surface area contributed by atoms with Crippen molar-refractivity contribution in [3.63, 3.8) is 0 Å². The molecule has 1 fully saturated rings. The quantitative estimate of drug-likeness (QED) is 0.423. The summed E-state index contributed by atoms with van der Waals surface area (Å²) in [5.74, 6) is -0.315. The normalized spacial score (nSPS) is 36.2. The van der Waals surface area contributed by atoms with Gasteiger partial charge in [-0.15, -0.1) is 0 Å². The van der Waals surface area contributed by atoms with Gasteiger partial charge >= 0.3 is 5.97 Å². The highest BCUT2D eigenvalue weighted by Crippen LogP contribution is 2.41. The molecule has 2 heterocycles. The van der Waals surface area contributed by atoms with Gasteiger partial charge in [0, 0.05) is 6.42 Å². The third kappa shape index (κ3) is 2.14. The van der Waals surface area contributed by atoms with E-state index in [1.54, 1.807) is 12.2 Å². The second-order valence-electron chi connectivity index (χ2n) is 5.21. The fourth-order valence-corrected chi connectivity index (χ4v) is 2.12. The summed E-state index contributed by atoms with van der Waals surface area (Å²) in [7, 11) is 0. The third-order valence-electron chi connectivity index (χ3n) is 3.60. The lowest BCUT2D eigenvalue weighted by Gasteiger charge is -2.21. The first-order valence-corrected chi connectivity index (χ1v) is 6.01. The van der Waals surface area contributed by atoms with Crippen LogP contribution in [0, 0.1) is 11.8 Å². The number of carbonyl (C=O) groups is 2. The molecule has 4 unspecified atom stereocenters. The molecule has 0 radical (unpaired) electrons. The van der Waals surface area contributed by atoms with Crippen LogP contribution in [0.5, 0.6) is 0 Å². The van der Waals surface area contributed by atoms with Crippen molar-refractivity contribution in [1.29, 1.82) is 0 Å². The second kappa shape index (κ2) is 4.26. The van der Waals surface area contributed by atoms with E-state index in [1.165, 1.54) is 0 Å². The van der Waals surface area contributed by atoms with Crippen LogP contribution in [-0.4, -0.2) is 30.1 Å². The summed E-state index contributed by atoms with van der Waals surface area (Å²) in [6.07, 6.45) is 4.28. The van der Waals surface area contributed by atoms with Gasteiger partial charge in [0.1, 0.15) is 11.7 Å². The Hall–Kier alpha value is -1.16. The Morgan fingerprint density at radius 3 is 2.76 bits per heavy atom. The Labute approximate surface area is 101 Å². The molecule has 2 bridgehead atoms. The van der Waals surface area contributed by atoms with Gasteiger partial charge in [0.25, 0.3) is 0 Å². The SMILES string of the molecule is CC(C)C(C)OC(=O)C1CC2(C=O)C=CC1O2. The van der Waals surface area contributed by atoms with Gasteiger partial charge in [-0.2, -0.15) is 0 Å². The van der Waals surface area contributed by atoms with Crippen LogP contribution in [0.3, 0.4) is 0 Å². The Kier molecular flexibility index (Phi) is 3.08. The highest BCUT2D eigenvalue weighted by molar-refractivity contribution is 5.79. The van der Waals surface area contributed by atoms with E-state index >= 15 is 0 Å². The highest BCUT2D eigenvalue weighted by Gasteiger charge is 2.52. The van der Waals surface area contributed by atoms with E-state index in [-0.39, 0.29) is 30.0 Å². The Bertz CT molecular complexity index is 360. The molecule has 4 nitrogen and oxygen atoms in total. The summed E-state index contributed by atoms with van der Waals surface area (Å²) in [6.45, 7) is 5.88. The van der Waals surface area contributed by atoms with Crippen LogP contribution in [0.1, 0.15) is 27.2 Å². The molecule has 4 atom stereocenters. The first-order chi connectivity index (χ1) is 7.97. The zero-order valence-electron chi connectivity index (χ0n) is 10.4. The maximum atomic E-state index is 12.0. The zero-order valence-corrected chi connectivity index (χ0v) is 10.4. The minimum absolute atomic E-state index is 0.113. The second-order valence-corrected chi connectivity index (χ2v) is 5.21. The molecule has 0 N–H and O–H groups in total. The zero-order chi connectivity index (χ0) is 12.6. The number of aldehydes is 1. The molecule has 0 aromatic carbocycles. The molecular weight excluding hydrogens is 220 g/mol. The van der Waals surface area contributed by atoms with Gasteiger partial charge in [-0.25, -0.2) is 0 Å². The van der Waals surface area contributed by atoms with E-state index in [2.05, 4.69) is 0 Å². The summed E-state index contributed by atoms with van der Waals surface area (Å²) in [4.78, 5) is 22.9. The summed E-state index contributed by atoms with van der Waals surface area (Å²) in [5.41, 5.74) is -0.880. The number of hydrogen-bond donors (Lipinski definition) is 0. The summed E-state index contributed by atoms with van der Waals surface area (Å²) < 4.78 is 10.9. The van der Waals surface area contributed by atoms with Gasteiger partial charge in [0.15, 0.2) is 6.29 Å². The van der Waals surface area contributed by atoms with Crippen molar-refractivity contribution >= 4 is 12.3 Å². The fourth-order valence-electron chi connectivity index (χ4n) is 2.12. The number of carbonyl (C=O) groups excluding carboxylic acids is 2. The van der Waals surface area contributed by atoms with Crippen LogP contribution < -0.4 is 0 Å². The lowest BCUT2D eigenvalue weighted by molar-refractivity contribution is -0.156. The van der Waals surface area contributed by atoms with Gasteiger partial charge < -0.3 is 9.47 Å². The van der Waals surface area contributed by atoms with E-state index in [4.69, 9.17) is 9.47 Å². The molecule has 1 saturated heterocycles. The van der Waals surface area contributed by atoms with Crippen molar-refractivity contribution < 1.29 is 19.1 Å². The van der Waals surface area contributed by atoms with Crippen molar-refractivity contribution in [2.45, 2.75) is 45.0 Å². The Morgan fingerprint density at radius 2 is 2.24 bits per heavy atom. The average Bonchev–Trinajstić information content (AvgIpc) is 2.87. The number of esters is 1. The Balaban J connectivity index is 1.99. The van der Waals surface area contributed by atoms with Crippen molar-refractivity contribution in [2.24, 2.45) is 11.8 Å². The molecule has 0 aromatic rings.